The Morgan fingerprint density at radius 2 is 2.00 bits per heavy atom. The Morgan fingerprint density at radius 1 is 1.24 bits per heavy atom. The molecule has 0 aliphatic heterocycles. The molecule has 1 aromatic rings. The van der Waals surface area contributed by atoms with Gasteiger partial charge in [0.15, 0.2) is 0 Å². The van der Waals surface area contributed by atoms with Gasteiger partial charge in [-0.1, -0.05) is 25.5 Å². The second-order valence-electron chi connectivity index (χ2n) is 5.48. The molecule has 1 aromatic carbocycles. The molecule has 4 heteroatoms. The number of hydrogen-bond donors (Lipinski definition) is 1. The number of benzene rings is 1. The van der Waals surface area contributed by atoms with Gasteiger partial charge < -0.3 is 14.9 Å². The van der Waals surface area contributed by atoms with E-state index in [4.69, 9.17) is 5.11 Å². The first kappa shape index (κ1) is 17.5. The van der Waals surface area contributed by atoms with Crippen LogP contribution in [0.5, 0.6) is 0 Å². The zero-order valence-corrected chi connectivity index (χ0v) is 13.5. The summed E-state index contributed by atoms with van der Waals surface area (Å²) in [4.78, 5) is 15.0. The van der Waals surface area contributed by atoms with Crippen LogP contribution in [-0.4, -0.2) is 42.7 Å². The summed E-state index contributed by atoms with van der Waals surface area (Å²) < 4.78 is 0. The van der Waals surface area contributed by atoms with Crippen LogP contribution in [0.25, 0.3) is 0 Å². The van der Waals surface area contributed by atoms with Crippen molar-refractivity contribution in [3.05, 3.63) is 29.8 Å². The molecule has 0 saturated carbocycles. The largest absolute Gasteiger partial charge is 0.481 e. The van der Waals surface area contributed by atoms with Gasteiger partial charge >= 0.3 is 5.97 Å². The maximum absolute atomic E-state index is 10.6. The first-order valence-electron chi connectivity index (χ1n) is 7.81. The molecule has 0 bridgehead atoms. The van der Waals surface area contributed by atoms with E-state index in [0.717, 1.165) is 19.6 Å². The molecule has 0 amide bonds. The van der Waals surface area contributed by atoms with Crippen molar-refractivity contribution in [1.29, 1.82) is 0 Å². The lowest BCUT2D eigenvalue weighted by Crippen LogP contribution is -2.24. The van der Waals surface area contributed by atoms with E-state index in [0.29, 0.717) is 6.54 Å². The second-order valence-corrected chi connectivity index (χ2v) is 5.48. The average Bonchev–Trinajstić information content (AvgIpc) is 2.46. The smallest absolute Gasteiger partial charge is 0.304 e. The molecule has 0 unspecified atom stereocenters. The number of rotatable bonds is 10. The van der Waals surface area contributed by atoms with E-state index in [9.17, 15) is 4.79 Å². The lowest BCUT2D eigenvalue weighted by molar-refractivity contribution is -0.137. The highest BCUT2D eigenvalue weighted by Crippen LogP contribution is 2.17. The van der Waals surface area contributed by atoms with Gasteiger partial charge in [-0.05, 0) is 38.1 Å². The van der Waals surface area contributed by atoms with Crippen molar-refractivity contribution < 1.29 is 9.90 Å². The summed E-state index contributed by atoms with van der Waals surface area (Å²) in [5, 5.41) is 8.73. The number of nitrogens with zero attached hydrogens (tertiary/aromatic N) is 2. The van der Waals surface area contributed by atoms with E-state index in [1.54, 1.807) is 0 Å². The Kier molecular flexibility index (Phi) is 7.83. The molecule has 0 saturated heterocycles. The zero-order valence-electron chi connectivity index (χ0n) is 13.5. The number of aliphatic carboxylic acids is 1. The molecule has 0 atom stereocenters. The number of carboxylic acids is 1. The highest BCUT2D eigenvalue weighted by atomic mass is 16.4. The van der Waals surface area contributed by atoms with Crippen molar-refractivity contribution in [2.75, 3.05) is 31.6 Å². The monoisotopic (exact) mass is 292 g/mol. The fourth-order valence-corrected chi connectivity index (χ4v) is 2.35. The number of unbranched alkanes of at least 4 members (excludes halogenated alkanes) is 1. The van der Waals surface area contributed by atoms with Crippen molar-refractivity contribution in [3.63, 3.8) is 0 Å². The van der Waals surface area contributed by atoms with E-state index in [1.165, 1.54) is 24.1 Å². The fourth-order valence-electron chi connectivity index (χ4n) is 2.35. The van der Waals surface area contributed by atoms with Crippen molar-refractivity contribution in [2.24, 2.45) is 0 Å². The highest BCUT2D eigenvalue weighted by molar-refractivity contribution is 5.66. The van der Waals surface area contributed by atoms with Crippen LogP contribution in [0.15, 0.2) is 24.3 Å². The first-order chi connectivity index (χ1) is 10.1. The van der Waals surface area contributed by atoms with Crippen molar-refractivity contribution in [3.8, 4) is 0 Å². The molecule has 21 heavy (non-hydrogen) atoms. The van der Waals surface area contributed by atoms with Crippen LogP contribution in [0.4, 0.5) is 5.69 Å². The van der Waals surface area contributed by atoms with Crippen LogP contribution in [0, 0.1) is 0 Å². The van der Waals surface area contributed by atoms with Crippen LogP contribution >= 0.6 is 0 Å². The molecule has 0 heterocycles. The van der Waals surface area contributed by atoms with Crippen LogP contribution in [0.1, 0.15) is 38.7 Å². The van der Waals surface area contributed by atoms with Crippen LogP contribution in [-0.2, 0) is 11.3 Å². The lowest BCUT2D eigenvalue weighted by Gasteiger charge is -2.24. The van der Waals surface area contributed by atoms with E-state index in [2.05, 4.69) is 47.9 Å². The fraction of sp³-hybridized carbons (Fsp3) is 0.588. The summed E-state index contributed by atoms with van der Waals surface area (Å²) in [6, 6.07) is 8.56. The molecule has 0 aromatic heterocycles. The molecule has 0 aliphatic carbocycles. The minimum atomic E-state index is -0.743. The second kappa shape index (κ2) is 9.40. The average molecular weight is 292 g/mol. The van der Waals surface area contributed by atoms with E-state index in [1.807, 2.05) is 7.05 Å². The maximum Gasteiger partial charge on any atom is 0.304 e. The molecule has 0 fully saturated rings. The Labute approximate surface area is 128 Å². The predicted molar refractivity (Wildman–Crippen MR) is 87.8 cm³/mol. The normalized spacial score (nSPS) is 10.9. The number of carboxylic acid groups (broad SMARTS) is 1. The maximum atomic E-state index is 10.6. The van der Waals surface area contributed by atoms with E-state index >= 15 is 0 Å². The topological polar surface area (TPSA) is 43.8 Å². The summed E-state index contributed by atoms with van der Waals surface area (Å²) in [5.41, 5.74) is 2.49. The molecular weight excluding hydrogens is 264 g/mol. The van der Waals surface area contributed by atoms with Gasteiger partial charge in [-0.15, -0.1) is 0 Å². The molecule has 1 rings (SSSR count). The Balaban J connectivity index is 2.64. The summed E-state index contributed by atoms with van der Waals surface area (Å²) in [6.45, 7) is 7.85. The quantitative estimate of drug-likeness (QED) is 0.719. The lowest BCUT2D eigenvalue weighted by atomic mass is 10.1. The van der Waals surface area contributed by atoms with Gasteiger partial charge in [0.1, 0.15) is 0 Å². The SMILES string of the molecule is CCCCN(CC)c1cccc(CN(C)CCC(=O)O)c1. The summed E-state index contributed by atoms with van der Waals surface area (Å²) in [5.74, 6) is -0.743. The molecular formula is C17H28N2O2. The summed E-state index contributed by atoms with van der Waals surface area (Å²) in [6.07, 6.45) is 2.60. The number of hydrogen-bond acceptors (Lipinski definition) is 3. The van der Waals surface area contributed by atoms with E-state index in [-0.39, 0.29) is 6.42 Å². The molecule has 0 spiro atoms. The minimum absolute atomic E-state index is 0.188. The minimum Gasteiger partial charge on any atom is -0.481 e. The molecule has 118 valence electrons. The highest BCUT2D eigenvalue weighted by Gasteiger charge is 2.07. The van der Waals surface area contributed by atoms with Crippen molar-refractivity contribution in [2.45, 2.75) is 39.7 Å². The van der Waals surface area contributed by atoms with Crippen LogP contribution < -0.4 is 4.90 Å². The summed E-state index contributed by atoms with van der Waals surface area (Å²) in [7, 11) is 1.96. The Morgan fingerprint density at radius 3 is 2.62 bits per heavy atom. The van der Waals surface area contributed by atoms with Gasteiger partial charge in [0.25, 0.3) is 0 Å². The van der Waals surface area contributed by atoms with Gasteiger partial charge in [0.2, 0.25) is 0 Å². The molecule has 4 nitrogen and oxygen atoms in total. The van der Waals surface area contributed by atoms with Gasteiger partial charge in [-0.3, -0.25) is 4.79 Å². The molecule has 0 radical (unpaired) electrons. The molecule has 1 N–H and O–H groups in total. The first-order valence-corrected chi connectivity index (χ1v) is 7.81. The third-order valence-corrected chi connectivity index (χ3v) is 3.60. The van der Waals surface area contributed by atoms with Gasteiger partial charge in [0, 0.05) is 31.9 Å². The van der Waals surface area contributed by atoms with Gasteiger partial charge in [-0.25, -0.2) is 0 Å². The third kappa shape index (κ3) is 6.63. The third-order valence-electron chi connectivity index (χ3n) is 3.60. The Hall–Kier alpha value is -1.55. The standard InChI is InChI=1S/C17H28N2O2/c1-4-6-11-19(5-2)16-9-7-8-15(13-16)14-18(3)12-10-17(20)21/h7-9,13H,4-6,10-12,14H2,1-3H3,(H,20,21). The summed E-state index contributed by atoms with van der Waals surface area (Å²) >= 11 is 0. The number of carbonyl (C=O) groups is 1. The van der Waals surface area contributed by atoms with E-state index < -0.39 is 5.97 Å². The Bertz CT molecular complexity index is 435. The van der Waals surface area contributed by atoms with Crippen molar-refractivity contribution >= 4 is 11.7 Å². The van der Waals surface area contributed by atoms with Crippen LogP contribution in [0.3, 0.4) is 0 Å². The zero-order chi connectivity index (χ0) is 15.7. The predicted octanol–water partition coefficient (Wildman–Crippen LogP) is 3.22. The van der Waals surface area contributed by atoms with Crippen molar-refractivity contribution in [1.82, 2.24) is 4.90 Å². The molecule has 0 aliphatic rings. The number of anilines is 1. The van der Waals surface area contributed by atoms with Crippen LogP contribution in [0.2, 0.25) is 0 Å². The van der Waals surface area contributed by atoms with Gasteiger partial charge in [-0.2, -0.15) is 0 Å². The van der Waals surface area contributed by atoms with Gasteiger partial charge in [0.05, 0.1) is 6.42 Å².